The van der Waals surface area contributed by atoms with Crippen molar-refractivity contribution in [1.82, 2.24) is 25.0 Å². The van der Waals surface area contributed by atoms with Crippen LogP contribution in [0.25, 0.3) is 22.3 Å². The van der Waals surface area contributed by atoms with E-state index in [-0.39, 0.29) is 17.9 Å². The minimum Gasteiger partial charge on any atom is -0.383 e. The first-order chi connectivity index (χ1) is 14.6. The van der Waals surface area contributed by atoms with Gasteiger partial charge < -0.3 is 20.1 Å². The molecular weight excluding hydrogens is 417 g/mol. The summed E-state index contributed by atoms with van der Waals surface area (Å²) in [4.78, 5) is 29.7. The van der Waals surface area contributed by atoms with E-state index in [9.17, 15) is 18.0 Å². The molecule has 0 bridgehead atoms. The first-order valence-corrected chi connectivity index (χ1v) is 9.45. The number of carbonyl (C=O) groups excluding carboxylic acids is 2. The number of aromatic nitrogens is 4. The standard InChI is InChI=1S/C17H20N6O2.C2HF3O/c1-8(2)23-6-10(11-15(18)20-7-21-16(11)23)13-12(17(24)19-3)14(25-22-13)9-4-5-9;3-2(4,5)1-6/h6-9H,4-5H2,1-3H3,(H,19,24)(H2,18,20,21);1H. The van der Waals surface area contributed by atoms with Crippen LogP contribution in [0.1, 0.15) is 54.8 Å². The molecule has 0 aromatic carbocycles. The summed E-state index contributed by atoms with van der Waals surface area (Å²) in [5.41, 5.74) is 8.53. The molecule has 1 aliphatic carbocycles. The van der Waals surface area contributed by atoms with E-state index in [2.05, 4.69) is 34.3 Å². The van der Waals surface area contributed by atoms with Gasteiger partial charge in [-0.05, 0) is 26.7 Å². The molecule has 0 aliphatic heterocycles. The number of carbonyl (C=O) groups is 2. The minimum atomic E-state index is -4.64. The highest BCUT2D eigenvalue weighted by atomic mass is 19.4. The van der Waals surface area contributed by atoms with Crippen LogP contribution in [0.5, 0.6) is 0 Å². The van der Waals surface area contributed by atoms with Crippen molar-refractivity contribution in [3.8, 4) is 11.3 Å². The summed E-state index contributed by atoms with van der Waals surface area (Å²) < 4.78 is 38.8. The zero-order valence-corrected chi connectivity index (χ0v) is 17.0. The second kappa shape index (κ2) is 8.36. The average Bonchev–Trinajstić information content (AvgIpc) is 3.34. The number of nitrogens with one attached hydrogen (secondary N) is 1. The maximum Gasteiger partial charge on any atom is 0.446 e. The maximum atomic E-state index is 12.5. The predicted molar refractivity (Wildman–Crippen MR) is 105 cm³/mol. The third-order valence-corrected chi connectivity index (χ3v) is 4.70. The van der Waals surface area contributed by atoms with Crippen LogP contribution in [0.15, 0.2) is 17.0 Å². The molecule has 3 N–H and O–H groups in total. The van der Waals surface area contributed by atoms with Gasteiger partial charge in [0.25, 0.3) is 5.91 Å². The Balaban J connectivity index is 0.000000401. The second-order valence-electron chi connectivity index (χ2n) is 7.28. The Hall–Kier alpha value is -3.44. The summed E-state index contributed by atoms with van der Waals surface area (Å²) >= 11 is 0. The molecule has 1 fully saturated rings. The second-order valence-corrected chi connectivity index (χ2v) is 7.28. The van der Waals surface area contributed by atoms with Gasteiger partial charge in [0.15, 0.2) is 5.76 Å². The van der Waals surface area contributed by atoms with Gasteiger partial charge in [0.05, 0.1) is 5.39 Å². The van der Waals surface area contributed by atoms with Gasteiger partial charge in [0.1, 0.15) is 29.0 Å². The number of nitrogens with two attached hydrogens (primary N) is 1. The topological polar surface area (TPSA) is 129 Å². The Labute approximate surface area is 174 Å². The molecule has 3 aromatic rings. The van der Waals surface area contributed by atoms with E-state index in [1.165, 1.54) is 6.33 Å². The van der Waals surface area contributed by atoms with Crippen LogP contribution >= 0.6 is 0 Å². The van der Waals surface area contributed by atoms with E-state index in [4.69, 9.17) is 15.1 Å². The molecule has 3 heterocycles. The van der Waals surface area contributed by atoms with Crippen LogP contribution in [0.4, 0.5) is 19.0 Å². The average molecular weight is 438 g/mol. The SMILES string of the molecule is CNC(=O)c1c(-c2cn(C(C)C)c3ncnc(N)c23)noc1C1CC1.O=CC(F)(F)F. The summed E-state index contributed by atoms with van der Waals surface area (Å²) in [7, 11) is 1.60. The van der Waals surface area contributed by atoms with Gasteiger partial charge in [-0.3, -0.25) is 9.59 Å². The lowest BCUT2D eigenvalue weighted by atomic mass is 10.0. The van der Waals surface area contributed by atoms with Crippen molar-refractivity contribution in [1.29, 1.82) is 0 Å². The molecule has 166 valence electrons. The normalized spacial score (nSPS) is 13.8. The zero-order valence-electron chi connectivity index (χ0n) is 17.0. The fraction of sp³-hybridized carbons (Fsp3) is 0.421. The zero-order chi connectivity index (χ0) is 22.9. The minimum absolute atomic E-state index is 0.170. The van der Waals surface area contributed by atoms with E-state index in [0.29, 0.717) is 28.2 Å². The van der Waals surface area contributed by atoms with Gasteiger partial charge in [0.2, 0.25) is 6.29 Å². The van der Waals surface area contributed by atoms with Crippen LogP contribution < -0.4 is 11.1 Å². The number of anilines is 1. The molecule has 1 amide bonds. The quantitative estimate of drug-likeness (QED) is 0.598. The number of hydrogen-bond acceptors (Lipinski definition) is 7. The summed E-state index contributed by atoms with van der Waals surface area (Å²) in [5, 5.41) is 7.60. The molecule has 12 heteroatoms. The number of hydrogen-bond donors (Lipinski definition) is 2. The molecule has 0 radical (unpaired) electrons. The Bertz CT molecular complexity index is 1120. The van der Waals surface area contributed by atoms with Gasteiger partial charge >= 0.3 is 6.18 Å². The lowest BCUT2D eigenvalue weighted by Crippen LogP contribution is -2.19. The van der Waals surface area contributed by atoms with Crippen LogP contribution in [-0.4, -0.2) is 45.1 Å². The van der Waals surface area contributed by atoms with Gasteiger partial charge in [-0.1, -0.05) is 5.16 Å². The number of rotatable bonds is 4. The van der Waals surface area contributed by atoms with Crippen molar-refractivity contribution in [2.45, 2.75) is 44.8 Å². The molecule has 4 rings (SSSR count). The highest BCUT2D eigenvalue weighted by Gasteiger charge is 2.36. The highest BCUT2D eigenvalue weighted by molar-refractivity contribution is 6.07. The van der Waals surface area contributed by atoms with E-state index < -0.39 is 12.5 Å². The number of nitrogen functional groups attached to an aromatic ring is 1. The number of halogens is 3. The van der Waals surface area contributed by atoms with Crippen molar-refractivity contribution >= 4 is 29.0 Å². The molecule has 0 atom stereocenters. The van der Waals surface area contributed by atoms with Crippen LogP contribution in [0.2, 0.25) is 0 Å². The monoisotopic (exact) mass is 438 g/mol. The molecule has 0 saturated heterocycles. The molecule has 1 saturated carbocycles. The first kappa shape index (κ1) is 22.2. The van der Waals surface area contributed by atoms with Crippen LogP contribution in [0.3, 0.4) is 0 Å². The van der Waals surface area contributed by atoms with Crippen molar-refractivity contribution in [2.75, 3.05) is 12.8 Å². The highest BCUT2D eigenvalue weighted by Crippen LogP contribution is 2.45. The molecule has 3 aromatic heterocycles. The van der Waals surface area contributed by atoms with Crippen molar-refractivity contribution in [2.24, 2.45) is 0 Å². The Morgan fingerprint density at radius 1 is 1.35 bits per heavy atom. The summed E-state index contributed by atoms with van der Waals surface area (Å²) in [5.74, 6) is 1.06. The van der Waals surface area contributed by atoms with Crippen molar-refractivity contribution in [3.05, 3.63) is 23.8 Å². The largest absolute Gasteiger partial charge is 0.446 e. The van der Waals surface area contributed by atoms with E-state index in [1.807, 2.05) is 10.8 Å². The summed E-state index contributed by atoms with van der Waals surface area (Å²) in [6.45, 7) is 4.11. The third-order valence-electron chi connectivity index (χ3n) is 4.70. The number of alkyl halides is 3. The summed E-state index contributed by atoms with van der Waals surface area (Å²) in [6, 6.07) is 0.170. The predicted octanol–water partition coefficient (Wildman–Crippen LogP) is 3.23. The first-order valence-electron chi connectivity index (χ1n) is 9.45. The van der Waals surface area contributed by atoms with Gasteiger partial charge in [-0.2, -0.15) is 13.2 Å². The number of amides is 1. The number of fused-ring (bicyclic) bond motifs is 1. The Kier molecular flexibility index (Phi) is 6.00. The molecular formula is C19H21F3N6O3. The van der Waals surface area contributed by atoms with Crippen molar-refractivity contribution < 1.29 is 27.3 Å². The fourth-order valence-corrected chi connectivity index (χ4v) is 3.14. The van der Waals surface area contributed by atoms with Crippen LogP contribution in [0, 0.1) is 0 Å². The lowest BCUT2D eigenvalue weighted by molar-refractivity contribution is -0.156. The third kappa shape index (κ3) is 4.52. The molecule has 0 unspecified atom stereocenters. The smallest absolute Gasteiger partial charge is 0.383 e. The van der Waals surface area contributed by atoms with E-state index in [0.717, 1.165) is 24.1 Å². The van der Waals surface area contributed by atoms with E-state index in [1.54, 1.807) is 7.05 Å². The maximum absolute atomic E-state index is 12.5. The summed E-state index contributed by atoms with van der Waals surface area (Å²) in [6.07, 6.45) is -0.317. The Morgan fingerprint density at radius 2 is 2.00 bits per heavy atom. The van der Waals surface area contributed by atoms with Gasteiger partial charge in [-0.15, -0.1) is 0 Å². The molecule has 1 aliphatic rings. The fourth-order valence-electron chi connectivity index (χ4n) is 3.14. The van der Waals surface area contributed by atoms with Gasteiger partial charge in [-0.25, -0.2) is 9.97 Å². The van der Waals surface area contributed by atoms with Crippen molar-refractivity contribution in [3.63, 3.8) is 0 Å². The molecule has 0 spiro atoms. The Morgan fingerprint density at radius 3 is 2.52 bits per heavy atom. The molecule has 9 nitrogen and oxygen atoms in total. The lowest BCUT2D eigenvalue weighted by Gasteiger charge is -2.07. The van der Waals surface area contributed by atoms with Crippen LogP contribution in [-0.2, 0) is 4.79 Å². The number of aldehydes is 1. The van der Waals surface area contributed by atoms with E-state index >= 15 is 0 Å². The number of nitrogens with zero attached hydrogens (tertiary/aromatic N) is 4. The van der Waals surface area contributed by atoms with Gasteiger partial charge in [0, 0.05) is 30.8 Å². The molecule has 31 heavy (non-hydrogen) atoms.